The minimum atomic E-state index is -0.628. The molecule has 0 saturated heterocycles. The van der Waals surface area contributed by atoms with Crippen LogP contribution >= 0.6 is 11.6 Å². The van der Waals surface area contributed by atoms with Crippen molar-refractivity contribution in [2.24, 2.45) is 5.92 Å². The molecule has 0 spiro atoms. The van der Waals surface area contributed by atoms with Gasteiger partial charge in [-0.2, -0.15) is 4.98 Å². The van der Waals surface area contributed by atoms with E-state index in [9.17, 15) is 10.1 Å². The zero-order valence-electron chi connectivity index (χ0n) is 10.4. The van der Waals surface area contributed by atoms with Crippen molar-refractivity contribution in [3.05, 3.63) is 21.2 Å². The largest absolute Gasteiger partial charge is 0.477 e. The van der Waals surface area contributed by atoms with E-state index < -0.39 is 4.92 Å². The number of nitrogens with zero attached hydrogens (tertiary/aromatic N) is 2. The minimum absolute atomic E-state index is 0.0976. The first-order valence-electron chi connectivity index (χ1n) is 5.65. The van der Waals surface area contributed by atoms with Gasteiger partial charge < -0.3 is 10.5 Å². The molecular formula is C11H16ClN3O3. The van der Waals surface area contributed by atoms with Crippen LogP contribution in [0.5, 0.6) is 5.88 Å². The summed E-state index contributed by atoms with van der Waals surface area (Å²) in [6.45, 7) is 4.70. The lowest BCUT2D eigenvalue weighted by atomic mass is 10.1. The van der Waals surface area contributed by atoms with Crippen molar-refractivity contribution in [1.82, 2.24) is 4.98 Å². The maximum Gasteiger partial charge on any atom is 0.312 e. The molecule has 0 atom stereocenters. The van der Waals surface area contributed by atoms with Gasteiger partial charge in [-0.1, -0.05) is 25.4 Å². The molecule has 0 unspecified atom stereocenters. The standard InChI is InChI=1S/C11H16ClN3O3/c1-7(2)4-3-5-18-11-8(12)6-9(15(16)17)10(13)14-11/h6-7H,3-5H2,1-2H3,(H2,13,14). The van der Waals surface area contributed by atoms with E-state index in [-0.39, 0.29) is 22.4 Å². The number of nitro groups is 1. The number of halogens is 1. The van der Waals surface area contributed by atoms with Crippen LogP contribution in [0.25, 0.3) is 0 Å². The highest BCUT2D eigenvalue weighted by Crippen LogP contribution is 2.30. The average Bonchev–Trinajstić information content (AvgIpc) is 2.27. The molecule has 0 aliphatic rings. The van der Waals surface area contributed by atoms with E-state index in [1.54, 1.807) is 0 Å². The summed E-state index contributed by atoms with van der Waals surface area (Å²) in [6, 6.07) is 1.15. The van der Waals surface area contributed by atoms with Crippen molar-refractivity contribution in [3.63, 3.8) is 0 Å². The quantitative estimate of drug-likeness (QED) is 0.489. The fourth-order valence-corrected chi connectivity index (χ4v) is 1.58. The van der Waals surface area contributed by atoms with Crippen LogP contribution in [0.15, 0.2) is 6.07 Å². The van der Waals surface area contributed by atoms with E-state index in [1.165, 1.54) is 0 Å². The number of aromatic nitrogens is 1. The molecule has 1 aromatic rings. The molecule has 0 radical (unpaired) electrons. The Morgan fingerprint density at radius 3 is 2.83 bits per heavy atom. The fraction of sp³-hybridized carbons (Fsp3) is 0.545. The Bertz CT molecular complexity index is 438. The van der Waals surface area contributed by atoms with Crippen LogP contribution in [0, 0.1) is 16.0 Å². The van der Waals surface area contributed by atoms with Gasteiger partial charge in [0.15, 0.2) is 0 Å². The summed E-state index contributed by atoms with van der Waals surface area (Å²) in [7, 11) is 0. The molecule has 6 nitrogen and oxygen atoms in total. The number of anilines is 1. The molecule has 0 aliphatic heterocycles. The second-order valence-electron chi connectivity index (χ2n) is 4.32. The Morgan fingerprint density at radius 1 is 1.61 bits per heavy atom. The normalized spacial score (nSPS) is 10.7. The third-order valence-corrected chi connectivity index (χ3v) is 2.58. The highest BCUT2D eigenvalue weighted by atomic mass is 35.5. The molecule has 1 aromatic heterocycles. The van der Waals surface area contributed by atoms with Gasteiger partial charge in [0.2, 0.25) is 11.7 Å². The van der Waals surface area contributed by atoms with Gasteiger partial charge >= 0.3 is 5.69 Å². The first kappa shape index (κ1) is 14.5. The lowest BCUT2D eigenvalue weighted by Crippen LogP contribution is -2.05. The maximum absolute atomic E-state index is 10.6. The Morgan fingerprint density at radius 2 is 2.28 bits per heavy atom. The summed E-state index contributed by atoms with van der Waals surface area (Å²) in [5.41, 5.74) is 5.14. The highest BCUT2D eigenvalue weighted by Gasteiger charge is 2.17. The van der Waals surface area contributed by atoms with Gasteiger partial charge in [0.05, 0.1) is 11.5 Å². The van der Waals surface area contributed by atoms with Crippen LogP contribution in [-0.2, 0) is 0 Å². The van der Waals surface area contributed by atoms with Crippen LogP contribution in [0.2, 0.25) is 5.02 Å². The molecule has 0 amide bonds. The van der Waals surface area contributed by atoms with E-state index in [0.29, 0.717) is 12.5 Å². The molecule has 1 rings (SSSR count). The van der Waals surface area contributed by atoms with Crippen molar-refractivity contribution < 1.29 is 9.66 Å². The van der Waals surface area contributed by atoms with Crippen molar-refractivity contribution in [3.8, 4) is 5.88 Å². The molecule has 0 saturated carbocycles. The summed E-state index contributed by atoms with van der Waals surface area (Å²) in [5, 5.41) is 10.7. The zero-order valence-corrected chi connectivity index (χ0v) is 11.1. The van der Waals surface area contributed by atoms with Crippen LogP contribution < -0.4 is 10.5 Å². The molecule has 7 heteroatoms. The smallest absolute Gasteiger partial charge is 0.312 e. The van der Waals surface area contributed by atoms with E-state index in [4.69, 9.17) is 22.1 Å². The molecule has 0 fully saturated rings. The second kappa shape index (κ2) is 6.39. The van der Waals surface area contributed by atoms with Gasteiger partial charge in [-0.05, 0) is 18.8 Å². The summed E-state index contributed by atoms with van der Waals surface area (Å²) < 4.78 is 5.36. The second-order valence-corrected chi connectivity index (χ2v) is 4.73. The van der Waals surface area contributed by atoms with Crippen LogP contribution in [0.4, 0.5) is 11.5 Å². The number of rotatable bonds is 6. The first-order valence-corrected chi connectivity index (χ1v) is 6.02. The van der Waals surface area contributed by atoms with Gasteiger partial charge in [0.25, 0.3) is 0 Å². The maximum atomic E-state index is 10.6. The highest BCUT2D eigenvalue weighted by molar-refractivity contribution is 6.32. The molecule has 2 N–H and O–H groups in total. The number of nitrogen functional groups attached to an aromatic ring is 1. The third-order valence-electron chi connectivity index (χ3n) is 2.31. The van der Waals surface area contributed by atoms with Gasteiger partial charge in [0.1, 0.15) is 5.02 Å². The summed E-state index contributed by atoms with van der Waals surface area (Å²) in [6.07, 6.45) is 1.90. The van der Waals surface area contributed by atoms with Crippen molar-refractivity contribution in [2.45, 2.75) is 26.7 Å². The van der Waals surface area contributed by atoms with Gasteiger partial charge in [0, 0.05) is 6.07 Å². The zero-order chi connectivity index (χ0) is 13.7. The number of nitrogens with two attached hydrogens (primary N) is 1. The minimum Gasteiger partial charge on any atom is -0.477 e. The van der Waals surface area contributed by atoms with Crippen molar-refractivity contribution in [2.75, 3.05) is 12.3 Å². The van der Waals surface area contributed by atoms with E-state index >= 15 is 0 Å². The third kappa shape index (κ3) is 4.03. The van der Waals surface area contributed by atoms with Crippen LogP contribution in [0.1, 0.15) is 26.7 Å². The Kier molecular flexibility index (Phi) is 5.15. The SMILES string of the molecule is CC(C)CCCOc1nc(N)c([N+](=O)[O-])cc1Cl. The van der Waals surface area contributed by atoms with Crippen molar-refractivity contribution >= 4 is 23.1 Å². The summed E-state index contributed by atoms with van der Waals surface area (Å²) in [4.78, 5) is 13.8. The lowest BCUT2D eigenvalue weighted by molar-refractivity contribution is -0.384. The predicted octanol–water partition coefficient (Wildman–Crippen LogP) is 3.04. The van der Waals surface area contributed by atoms with Crippen LogP contribution in [-0.4, -0.2) is 16.5 Å². The molecular weight excluding hydrogens is 258 g/mol. The molecule has 0 bridgehead atoms. The van der Waals surface area contributed by atoms with E-state index in [2.05, 4.69) is 18.8 Å². The average molecular weight is 274 g/mol. The lowest BCUT2D eigenvalue weighted by Gasteiger charge is -2.08. The molecule has 100 valence electrons. The molecule has 0 aromatic carbocycles. The van der Waals surface area contributed by atoms with Gasteiger partial charge in [-0.3, -0.25) is 10.1 Å². The van der Waals surface area contributed by atoms with E-state index in [0.717, 1.165) is 18.9 Å². The van der Waals surface area contributed by atoms with Crippen LogP contribution in [0.3, 0.4) is 0 Å². The number of pyridine rings is 1. The molecule has 18 heavy (non-hydrogen) atoms. The Balaban J connectivity index is 2.67. The molecule has 0 aliphatic carbocycles. The Hall–Kier alpha value is -1.56. The predicted molar refractivity (Wildman–Crippen MR) is 69.9 cm³/mol. The summed E-state index contributed by atoms with van der Waals surface area (Å²) in [5.74, 6) is 0.547. The monoisotopic (exact) mass is 273 g/mol. The van der Waals surface area contributed by atoms with Gasteiger partial charge in [-0.25, -0.2) is 0 Å². The first-order chi connectivity index (χ1) is 8.41. The number of ether oxygens (including phenoxy) is 1. The summed E-state index contributed by atoms with van der Waals surface area (Å²) >= 11 is 5.84. The fourth-order valence-electron chi connectivity index (χ4n) is 1.38. The topological polar surface area (TPSA) is 91.3 Å². The molecule has 1 heterocycles. The number of hydrogen-bond acceptors (Lipinski definition) is 5. The van der Waals surface area contributed by atoms with Gasteiger partial charge in [-0.15, -0.1) is 0 Å². The van der Waals surface area contributed by atoms with E-state index in [1.807, 2.05) is 0 Å². The van der Waals surface area contributed by atoms with Crippen molar-refractivity contribution in [1.29, 1.82) is 0 Å². The Labute approximate surface area is 110 Å². The number of hydrogen-bond donors (Lipinski definition) is 1.